The van der Waals surface area contributed by atoms with E-state index in [-0.39, 0.29) is 12.4 Å². The van der Waals surface area contributed by atoms with Gasteiger partial charge in [0.05, 0.1) is 12.7 Å². The van der Waals surface area contributed by atoms with E-state index in [2.05, 4.69) is 13.6 Å². The molecule has 15 heteroatoms. The molecule has 0 aromatic carbocycles. The van der Waals surface area contributed by atoms with Gasteiger partial charge in [0.2, 0.25) is 0 Å². The Hall–Kier alpha value is -0.350. The normalized spacial score (nSPS) is 23.5. The quantitative estimate of drug-likeness (QED) is 0.374. The van der Waals surface area contributed by atoms with Crippen LogP contribution in [0.3, 0.4) is 0 Å². The Labute approximate surface area is 139 Å². The lowest BCUT2D eigenvalue weighted by atomic mass is 10.2. The van der Waals surface area contributed by atoms with E-state index in [1.807, 2.05) is 0 Å². The van der Waals surface area contributed by atoms with E-state index in [9.17, 15) is 9.69 Å². The fraction of sp³-hybridized carbons (Fsp3) is 0.556. The van der Waals surface area contributed by atoms with E-state index in [1.165, 1.54) is 16.8 Å². The van der Waals surface area contributed by atoms with Gasteiger partial charge in [0.1, 0.15) is 12.0 Å². The number of aromatic nitrogens is 2. The number of hydrogen-bond donors (Lipinski definition) is 5. The van der Waals surface area contributed by atoms with Crippen LogP contribution in [-0.4, -0.2) is 41.8 Å². The molecule has 1 aliphatic heterocycles. The first kappa shape index (κ1) is 20.0. The second kappa shape index (κ2) is 9.38. The molecule has 6 N–H and O–H groups in total. The van der Waals surface area contributed by atoms with Gasteiger partial charge < -0.3 is 34.6 Å². The van der Waals surface area contributed by atoms with E-state index in [0.29, 0.717) is 12.8 Å². The lowest BCUT2D eigenvalue weighted by Gasteiger charge is -2.17. The van der Waals surface area contributed by atoms with Crippen molar-refractivity contribution >= 4 is 31.6 Å². The highest BCUT2D eigenvalue weighted by molar-refractivity contribution is 7.60. The summed E-state index contributed by atoms with van der Waals surface area (Å²) in [6, 6.07) is 1.48. The standard InChI is InChI=1S/C9H16N3O9P3/c10-7-3-4-12(9(13)11-7)8-2-1-6(19-8)5-18-23(16)21-24(17)20-22(14)15/h3-4,6,8,14-17H,1-2,5H2,(H2,10,11,13)/t6-,8?,23?,24?/m0/s1. The summed E-state index contributed by atoms with van der Waals surface area (Å²) in [5, 5.41) is 0. The van der Waals surface area contributed by atoms with Gasteiger partial charge in [-0.05, 0) is 18.9 Å². The summed E-state index contributed by atoms with van der Waals surface area (Å²) < 4.78 is 20.6. The van der Waals surface area contributed by atoms with Crippen molar-refractivity contribution in [3.63, 3.8) is 0 Å². The van der Waals surface area contributed by atoms with Crippen molar-refractivity contribution in [2.24, 2.45) is 0 Å². The molecule has 136 valence electrons. The highest BCUT2D eigenvalue weighted by Crippen LogP contribution is 2.55. The van der Waals surface area contributed by atoms with Gasteiger partial charge in [-0.25, -0.2) is 13.4 Å². The zero-order valence-corrected chi connectivity index (χ0v) is 14.8. The van der Waals surface area contributed by atoms with Crippen molar-refractivity contribution in [2.75, 3.05) is 12.3 Å². The SMILES string of the molecule is Nc1ccn(C2CC[C@@H](COP(O)OP(O)OP(O)O)O2)c(=O)n1. The van der Waals surface area contributed by atoms with Crippen molar-refractivity contribution in [1.82, 2.24) is 9.55 Å². The first-order valence-corrected chi connectivity index (χ1v) is 9.93. The molecule has 2 heterocycles. The molecule has 0 saturated carbocycles. The van der Waals surface area contributed by atoms with Crippen LogP contribution >= 0.6 is 25.8 Å². The van der Waals surface area contributed by atoms with E-state index < -0.39 is 43.8 Å². The van der Waals surface area contributed by atoms with Crippen molar-refractivity contribution in [3.05, 3.63) is 22.7 Å². The topological polar surface area (TPSA) is 179 Å². The molecule has 0 spiro atoms. The average molecular weight is 403 g/mol. The Morgan fingerprint density at radius 3 is 2.71 bits per heavy atom. The van der Waals surface area contributed by atoms with E-state index in [1.54, 1.807) is 0 Å². The van der Waals surface area contributed by atoms with Gasteiger partial charge in [-0.2, -0.15) is 4.98 Å². The summed E-state index contributed by atoms with van der Waals surface area (Å²) in [5.74, 6) is 0.120. The molecule has 1 saturated heterocycles. The van der Waals surface area contributed by atoms with Crippen LogP contribution in [0, 0.1) is 0 Å². The molecular formula is C9H16N3O9P3. The maximum Gasteiger partial charge on any atom is 0.351 e. The zero-order valence-electron chi connectivity index (χ0n) is 12.1. The first-order valence-electron chi connectivity index (χ1n) is 6.50. The van der Waals surface area contributed by atoms with Gasteiger partial charge in [0.15, 0.2) is 0 Å². The molecule has 12 nitrogen and oxygen atoms in total. The highest BCUT2D eigenvalue weighted by atomic mass is 31.3. The Morgan fingerprint density at radius 2 is 2.04 bits per heavy atom. The zero-order chi connectivity index (χ0) is 17.7. The van der Waals surface area contributed by atoms with Crippen molar-refractivity contribution in [1.29, 1.82) is 0 Å². The van der Waals surface area contributed by atoms with Gasteiger partial charge in [0, 0.05) is 6.20 Å². The fourth-order valence-electron chi connectivity index (χ4n) is 1.97. The Morgan fingerprint density at radius 1 is 1.29 bits per heavy atom. The van der Waals surface area contributed by atoms with Crippen LogP contribution in [-0.2, 0) is 17.9 Å². The highest BCUT2D eigenvalue weighted by Gasteiger charge is 2.29. The molecule has 3 unspecified atom stereocenters. The maximum absolute atomic E-state index is 11.7. The number of ether oxygens (including phenoxy) is 1. The van der Waals surface area contributed by atoms with Crippen molar-refractivity contribution in [3.8, 4) is 0 Å². The van der Waals surface area contributed by atoms with Gasteiger partial charge in [0.25, 0.3) is 0 Å². The smallest absolute Gasteiger partial charge is 0.351 e. The Balaban J connectivity index is 1.76. The van der Waals surface area contributed by atoms with Crippen LogP contribution < -0.4 is 11.4 Å². The van der Waals surface area contributed by atoms with Crippen LogP contribution in [0.2, 0.25) is 0 Å². The summed E-state index contributed by atoms with van der Waals surface area (Å²) >= 11 is 0. The van der Waals surface area contributed by atoms with E-state index in [4.69, 9.17) is 29.7 Å². The van der Waals surface area contributed by atoms with Gasteiger partial charge >= 0.3 is 31.5 Å². The largest absolute Gasteiger partial charge is 0.383 e. The number of hydrogen-bond acceptors (Lipinski definition) is 11. The minimum absolute atomic E-state index is 0.0496. The molecule has 1 aliphatic rings. The first-order chi connectivity index (χ1) is 11.3. The van der Waals surface area contributed by atoms with Crippen LogP contribution in [0.5, 0.6) is 0 Å². The Bertz CT molecular complexity index is 591. The third kappa shape index (κ3) is 6.18. The average Bonchev–Trinajstić information content (AvgIpc) is 2.92. The molecular weight excluding hydrogens is 387 g/mol. The number of rotatable bonds is 8. The molecule has 0 aliphatic carbocycles. The predicted octanol–water partition coefficient (Wildman–Crippen LogP) is 0.203. The van der Waals surface area contributed by atoms with Gasteiger partial charge in [-0.15, -0.1) is 0 Å². The lowest BCUT2D eigenvalue weighted by Crippen LogP contribution is -2.27. The van der Waals surface area contributed by atoms with E-state index >= 15 is 0 Å². The molecule has 2 rings (SSSR count). The number of nitrogens with zero attached hydrogens (tertiary/aromatic N) is 2. The number of nitrogen functional groups attached to an aromatic ring is 1. The molecule has 0 radical (unpaired) electrons. The predicted molar refractivity (Wildman–Crippen MR) is 83.8 cm³/mol. The molecule has 1 fully saturated rings. The minimum atomic E-state index is -2.80. The summed E-state index contributed by atoms with van der Waals surface area (Å²) in [7, 11) is -7.94. The Kier molecular flexibility index (Phi) is 7.80. The lowest BCUT2D eigenvalue weighted by molar-refractivity contribution is -0.0213. The number of nitrogens with two attached hydrogens (primary N) is 1. The van der Waals surface area contributed by atoms with Crippen LogP contribution in [0.25, 0.3) is 0 Å². The second-order valence-corrected chi connectivity index (χ2v) is 7.54. The summed E-state index contributed by atoms with van der Waals surface area (Å²) in [6.07, 6.45) is 1.67. The van der Waals surface area contributed by atoms with Gasteiger partial charge in [-0.3, -0.25) is 4.57 Å². The maximum atomic E-state index is 11.7. The van der Waals surface area contributed by atoms with E-state index in [0.717, 1.165) is 0 Å². The molecule has 0 amide bonds. The molecule has 1 aromatic rings. The monoisotopic (exact) mass is 403 g/mol. The molecule has 1 aromatic heterocycles. The summed E-state index contributed by atoms with van der Waals surface area (Å²) in [4.78, 5) is 51.0. The van der Waals surface area contributed by atoms with Crippen molar-refractivity contribution < 1.29 is 37.5 Å². The summed E-state index contributed by atoms with van der Waals surface area (Å²) in [5.41, 5.74) is 4.89. The number of anilines is 1. The van der Waals surface area contributed by atoms with Crippen LogP contribution in [0.1, 0.15) is 19.1 Å². The summed E-state index contributed by atoms with van der Waals surface area (Å²) in [6.45, 7) is -0.0496. The second-order valence-electron chi connectivity index (χ2n) is 4.52. The van der Waals surface area contributed by atoms with Crippen molar-refractivity contribution in [2.45, 2.75) is 25.2 Å². The van der Waals surface area contributed by atoms with Gasteiger partial charge in [-0.1, -0.05) is 0 Å². The van der Waals surface area contributed by atoms with Crippen LogP contribution in [0.15, 0.2) is 17.1 Å². The van der Waals surface area contributed by atoms with Crippen LogP contribution in [0.4, 0.5) is 5.82 Å². The minimum Gasteiger partial charge on any atom is -0.383 e. The molecule has 4 atom stereocenters. The molecule has 0 bridgehead atoms. The fourth-order valence-corrected chi connectivity index (χ4v) is 3.81. The third-order valence-corrected chi connectivity index (χ3v) is 5.53. The molecule has 24 heavy (non-hydrogen) atoms. The third-order valence-electron chi connectivity index (χ3n) is 2.90.